The zero-order valence-corrected chi connectivity index (χ0v) is 9.44. The lowest BCUT2D eigenvalue weighted by Crippen LogP contribution is -2.25. The van der Waals surface area contributed by atoms with Crippen LogP contribution in [0.4, 0.5) is 0 Å². The number of carbonyl (C=O) groups is 1. The molecule has 16 heavy (non-hydrogen) atoms. The molecule has 1 fully saturated rings. The Labute approximate surface area is 95.4 Å². The highest BCUT2D eigenvalue weighted by Crippen LogP contribution is 2.23. The number of carbonyl (C=O) groups excluding carboxylic acids is 1. The number of ketones is 1. The van der Waals surface area contributed by atoms with Gasteiger partial charge in [-0.1, -0.05) is 12.1 Å². The summed E-state index contributed by atoms with van der Waals surface area (Å²) in [5.41, 5.74) is 0.622. The molecule has 1 aliphatic rings. The summed E-state index contributed by atoms with van der Waals surface area (Å²) in [6.07, 6.45) is 2.90. The highest BCUT2D eigenvalue weighted by atomic mass is 16.7. The molecule has 1 atom stereocenters. The Bertz CT molecular complexity index is 367. The van der Waals surface area contributed by atoms with Gasteiger partial charge in [0.25, 0.3) is 0 Å². The second-order valence-electron chi connectivity index (χ2n) is 3.97. The molecule has 1 unspecified atom stereocenters. The molecule has 0 aliphatic carbocycles. The molecule has 0 amide bonds. The Hall–Kier alpha value is -1.35. The summed E-state index contributed by atoms with van der Waals surface area (Å²) < 4.78 is 11.2. The molecule has 0 N–H and O–H groups in total. The summed E-state index contributed by atoms with van der Waals surface area (Å²) in [5, 5.41) is 0. The average Bonchev–Trinajstić information content (AvgIpc) is 2.31. The lowest BCUT2D eigenvalue weighted by Gasteiger charge is -2.24. The Kier molecular flexibility index (Phi) is 3.57. The smallest absolute Gasteiger partial charge is 0.199 e. The van der Waals surface area contributed by atoms with E-state index in [0.29, 0.717) is 11.3 Å². The van der Waals surface area contributed by atoms with E-state index in [-0.39, 0.29) is 12.1 Å². The molecule has 0 saturated carbocycles. The van der Waals surface area contributed by atoms with E-state index in [1.165, 1.54) is 0 Å². The van der Waals surface area contributed by atoms with E-state index in [2.05, 4.69) is 0 Å². The number of hydrogen-bond donors (Lipinski definition) is 0. The molecule has 0 spiro atoms. The van der Waals surface area contributed by atoms with Crippen molar-refractivity contribution >= 4 is 5.78 Å². The van der Waals surface area contributed by atoms with Crippen molar-refractivity contribution in [2.24, 2.45) is 0 Å². The summed E-state index contributed by atoms with van der Waals surface area (Å²) in [6, 6.07) is 7.30. The molecule has 3 nitrogen and oxygen atoms in total. The number of para-hydroxylation sites is 1. The molecule has 1 heterocycles. The van der Waals surface area contributed by atoms with Gasteiger partial charge in [0.05, 0.1) is 12.2 Å². The van der Waals surface area contributed by atoms with Gasteiger partial charge in [0.2, 0.25) is 0 Å². The predicted molar refractivity (Wildman–Crippen MR) is 60.7 cm³/mol. The van der Waals surface area contributed by atoms with Crippen molar-refractivity contribution in [3.63, 3.8) is 0 Å². The monoisotopic (exact) mass is 220 g/mol. The molecular weight excluding hydrogens is 204 g/mol. The summed E-state index contributed by atoms with van der Waals surface area (Å²) >= 11 is 0. The predicted octanol–water partition coefficient (Wildman–Crippen LogP) is 2.79. The van der Waals surface area contributed by atoms with Crippen LogP contribution in [0.1, 0.15) is 36.5 Å². The van der Waals surface area contributed by atoms with Gasteiger partial charge in [0.15, 0.2) is 12.1 Å². The van der Waals surface area contributed by atoms with E-state index in [9.17, 15) is 4.79 Å². The standard InChI is InChI=1S/C13H16O3/c1-10(14)11-6-2-3-7-12(11)16-13-8-4-5-9-15-13/h2-3,6-7,13H,4-5,8-9H2,1H3. The summed E-state index contributed by atoms with van der Waals surface area (Å²) in [7, 11) is 0. The molecule has 0 bridgehead atoms. The highest BCUT2D eigenvalue weighted by Gasteiger charge is 2.17. The molecule has 1 aliphatic heterocycles. The zero-order valence-electron chi connectivity index (χ0n) is 9.44. The molecule has 3 heteroatoms. The van der Waals surface area contributed by atoms with Crippen molar-refractivity contribution in [1.29, 1.82) is 0 Å². The third-order valence-electron chi connectivity index (χ3n) is 2.66. The largest absolute Gasteiger partial charge is 0.464 e. The van der Waals surface area contributed by atoms with E-state index in [1.54, 1.807) is 13.0 Å². The molecule has 1 aromatic carbocycles. The van der Waals surface area contributed by atoms with Gasteiger partial charge < -0.3 is 9.47 Å². The van der Waals surface area contributed by atoms with Gasteiger partial charge >= 0.3 is 0 Å². The van der Waals surface area contributed by atoms with Gasteiger partial charge in [-0.15, -0.1) is 0 Å². The van der Waals surface area contributed by atoms with Crippen molar-refractivity contribution < 1.29 is 14.3 Å². The Morgan fingerprint density at radius 3 is 2.88 bits per heavy atom. The summed E-state index contributed by atoms with van der Waals surface area (Å²) in [4.78, 5) is 11.4. The molecule has 86 valence electrons. The average molecular weight is 220 g/mol. The Morgan fingerprint density at radius 2 is 2.19 bits per heavy atom. The van der Waals surface area contributed by atoms with Crippen LogP contribution in [0.25, 0.3) is 0 Å². The number of Topliss-reactive ketones (excluding diaryl/α,β-unsaturated/α-hetero) is 1. The van der Waals surface area contributed by atoms with Gasteiger partial charge in [0.1, 0.15) is 5.75 Å². The maximum Gasteiger partial charge on any atom is 0.199 e. The molecule has 1 saturated heterocycles. The number of ether oxygens (including phenoxy) is 2. The van der Waals surface area contributed by atoms with Crippen LogP contribution in [-0.2, 0) is 4.74 Å². The van der Waals surface area contributed by atoms with Crippen molar-refractivity contribution in [2.75, 3.05) is 6.61 Å². The van der Waals surface area contributed by atoms with Gasteiger partial charge in [0, 0.05) is 6.42 Å². The maximum absolute atomic E-state index is 11.4. The molecular formula is C13H16O3. The Morgan fingerprint density at radius 1 is 1.38 bits per heavy atom. The molecule has 2 rings (SSSR count). The fourth-order valence-electron chi connectivity index (χ4n) is 1.81. The van der Waals surface area contributed by atoms with Gasteiger partial charge in [-0.2, -0.15) is 0 Å². The quantitative estimate of drug-likeness (QED) is 0.735. The topological polar surface area (TPSA) is 35.5 Å². The first-order valence-corrected chi connectivity index (χ1v) is 5.65. The van der Waals surface area contributed by atoms with Crippen molar-refractivity contribution in [3.8, 4) is 5.75 Å². The van der Waals surface area contributed by atoms with Crippen molar-refractivity contribution in [1.82, 2.24) is 0 Å². The fourth-order valence-corrected chi connectivity index (χ4v) is 1.81. The van der Waals surface area contributed by atoms with Crippen LogP contribution >= 0.6 is 0 Å². The summed E-state index contributed by atoms with van der Waals surface area (Å²) in [6.45, 7) is 2.29. The minimum absolute atomic E-state index is 0.0198. The molecule has 0 radical (unpaired) electrons. The van der Waals surface area contributed by atoms with Gasteiger partial charge in [-0.05, 0) is 31.9 Å². The van der Waals surface area contributed by atoms with Gasteiger partial charge in [-0.25, -0.2) is 0 Å². The SMILES string of the molecule is CC(=O)c1ccccc1OC1CCCCO1. The fraction of sp³-hybridized carbons (Fsp3) is 0.462. The van der Waals surface area contributed by atoms with E-state index in [0.717, 1.165) is 25.9 Å². The van der Waals surface area contributed by atoms with Crippen molar-refractivity contribution in [3.05, 3.63) is 29.8 Å². The highest BCUT2D eigenvalue weighted by molar-refractivity contribution is 5.96. The number of hydrogen-bond acceptors (Lipinski definition) is 3. The second-order valence-corrected chi connectivity index (χ2v) is 3.97. The van der Waals surface area contributed by atoms with Gasteiger partial charge in [-0.3, -0.25) is 4.79 Å². The van der Waals surface area contributed by atoms with Crippen molar-refractivity contribution in [2.45, 2.75) is 32.5 Å². The van der Waals surface area contributed by atoms with E-state index in [1.807, 2.05) is 18.2 Å². The van der Waals surface area contributed by atoms with E-state index in [4.69, 9.17) is 9.47 Å². The second kappa shape index (κ2) is 5.12. The third kappa shape index (κ3) is 2.61. The lowest BCUT2D eigenvalue weighted by molar-refractivity contribution is -0.106. The number of benzene rings is 1. The Balaban J connectivity index is 2.10. The van der Waals surface area contributed by atoms with Crippen LogP contribution < -0.4 is 4.74 Å². The first-order chi connectivity index (χ1) is 7.77. The lowest BCUT2D eigenvalue weighted by atomic mass is 10.1. The van der Waals surface area contributed by atoms with Crippen LogP contribution in [0.3, 0.4) is 0 Å². The van der Waals surface area contributed by atoms with Crippen LogP contribution in [0, 0.1) is 0 Å². The van der Waals surface area contributed by atoms with Crippen LogP contribution in [0.15, 0.2) is 24.3 Å². The first kappa shape index (κ1) is 11.1. The zero-order chi connectivity index (χ0) is 11.4. The maximum atomic E-state index is 11.4. The van der Waals surface area contributed by atoms with Crippen LogP contribution in [0.5, 0.6) is 5.75 Å². The first-order valence-electron chi connectivity index (χ1n) is 5.65. The van der Waals surface area contributed by atoms with Crippen LogP contribution in [0.2, 0.25) is 0 Å². The minimum Gasteiger partial charge on any atom is -0.464 e. The third-order valence-corrected chi connectivity index (χ3v) is 2.66. The van der Waals surface area contributed by atoms with E-state index < -0.39 is 0 Å². The number of rotatable bonds is 3. The normalized spacial score (nSPS) is 20.4. The van der Waals surface area contributed by atoms with Crippen LogP contribution in [-0.4, -0.2) is 18.7 Å². The molecule has 0 aromatic heterocycles. The summed E-state index contributed by atoms with van der Waals surface area (Å²) in [5.74, 6) is 0.647. The minimum atomic E-state index is -0.200. The molecule has 1 aromatic rings. The van der Waals surface area contributed by atoms with E-state index >= 15 is 0 Å².